The largest absolute Gasteiger partial charge is 0.465 e. The van der Waals surface area contributed by atoms with Crippen molar-refractivity contribution in [2.75, 3.05) is 0 Å². The fraction of sp³-hybridized carbons (Fsp3) is 0.167. The second kappa shape index (κ2) is 4.97. The highest BCUT2D eigenvalue weighted by atomic mass is 79.9. The molecule has 1 heterocycles. The number of aliphatic hydroxyl groups excluding tert-OH is 1. The molecule has 2 aromatic rings. The van der Waals surface area contributed by atoms with Crippen LogP contribution >= 0.6 is 15.9 Å². The molecule has 0 saturated heterocycles. The van der Waals surface area contributed by atoms with Crippen LogP contribution in [-0.4, -0.2) is 5.11 Å². The SMILES string of the molecule is OC(c1ccc(C(F)(F)F)c(F)c1)c1occc1Br. The van der Waals surface area contributed by atoms with E-state index in [9.17, 15) is 22.7 Å². The van der Waals surface area contributed by atoms with Gasteiger partial charge in [0.1, 0.15) is 11.9 Å². The molecule has 1 aromatic carbocycles. The van der Waals surface area contributed by atoms with Crippen molar-refractivity contribution in [1.29, 1.82) is 0 Å². The summed E-state index contributed by atoms with van der Waals surface area (Å²) >= 11 is 3.10. The standard InChI is InChI=1S/C12H7BrF4O2/c13-8-3-4-19-11(8)10(18)6-1-2-7(9(14)5-6)12(15,16)17/h1-5,10,18H. The Morgan fingerprint density at radius 3 is 2.37 bits per heavy atom. The Kier molecular flexibility index (Phi) is 3.69. The zero-order chi connectivity index (χ0) is 14.2. The van der Waals surface area contributed by atoms with Crippen LogP contribution in [0.5, 0.6) is 0 Å². The molecule has 1 aromatic heterocycles. The summed E-state index contributed by atoms with van der Waals surface area (Å²) in [6, 6.07) is 3.75. The average molecular weight is 339 g/mol. The topological polar surface area (TPSA) is 33.4 Å². The van der Waals surface area contributed by atoms with E-state index in [4.69, 9.17) is 4.42 Å². The Hall–Kier alpha value is -1.34. The van der Waals surface area contributed by atoms with Crippen molar-refractivity contribution in [2.45, 2.75) is 12.3 Å². The Morgan fingerprint density at radius 1 is 1.21 bits per heavy atom. The van der Waals surface area contributed by atoms with Gasteiger partial charge in [-0.3, -0.25) is 0 Å². The van der Waals surface area contributed by atoms with Gasteiger partial charge in [0.05, 0.1) is 16.3 Å². The van der Waals surface area contributed by atoms with E-state index in [-0.39, 0.29) is 11.3 Å². The zero-order valence-electron chi connectivity index (χ0n) is 9.21. The summed E-state index contributed by atoms with van der Waals surface area (Å²) in [4.78, 5) is 0. The maximum Gasteiger partial charge on any atom is 0.419 e. The molecule has 0 aliphatic carbocycles. The molecule has 0 saturated carbocycles. The molecule has 0 bridgehead atoms. The third-order valence-corrected chi connectivity index (χ3v) is 3.16. The van der Waals surface area contributed by atoms with Gasteiger partial charge in [-0.25, -0.2) is 4.39 Å². The minimum absolute atomic E-state index is 0.0267. The number of halogens is 5. The van der Waals surface area contributed by atoms with Gasteiger partial charge in [-0.15, -0.1) is 0 Å². The number of rotatable bonds is 2. The Bertz CT molecular complexity index is 592. The zero-order valence-corrected chi connectivity index (χ0v) is 10.8. The van der Waals surface area contributed by atoms with Gasteiger partial charge < -0.3 is 9.52 Å². The molecule has 7 heteroatoms. The van der Waals surface area contributed by atoms with Gasteiger partial charge in [-0.05, 0) is 39.7 Å². The van der Waals surface area contributed by atoms with E-state index in [1.165, 1.54) is 12.3 Å². The lowest BCUT2D eigenvalue weighted by atomic mass is 10.0. The van der Waals surface area contributed by atoms with Crippen molar-refractivity contribution in [3.8, 4) is 0 Å². The Morgan fingerprint density at radius 2 is 1.89 bits per heavy atom. The number of hydrogen-bond acceptors (Lipinski definition) is 2. The predicted molar refractivity (Wildman–Crippen MR) is 61.9 cm³/mol. The highest BCUT2D eigenvalue weighted by Crippen LogP contribution is 2.34. The maximum absolute atomic E-state index is 13.4. The Balaban J connectivity index is 2.38. The van der Waals surface area contributed by atoms with Crippen molar-refractivity contribution in [1.82, 2.24) is 0 Å². The summed E-state index contributed by atoms with van der Waals surface area (Å²) < 4.78 is 56.0. The van der Waals surface area contributed by atoms with E-state index in [2.05, 4.69) is 15.9 Å². The predicted octanol–water partition coefficient (Wildman–Crippen LogP) is 4.28. The number of furan rings is 1. The van der Waals surface area contributed by atoms with Crippen molar-refractivity contribution in [2.24, 2.45) is 0 Å². The third-order valence-electron chi connectivity index (χ3n) is 2.51. The van der Waals surface area contributed by atoms with Gasteiger partial charge in [-0.1, -0.05) is 6.07 Å². The first-order valence-electron chi connectivity index (χ1n) is 5.08. The summed E-state index contributed by atoms with van der Waals surface area (Å²) in [7, 11) is 0. The average Bonchev–Trinajstić information content (AvgIpc) is 2.72. The van der Waals surface area contributed by atoms with Gasteiger partial charge in [0.2, 0.25) is 0 Å². The second-order valence-corrected chi connectivity index (χ2v) is 4.63. The summed E-state index contributed by atoms with van der Waals surface area (Å²) in [5.74, 6) is -1.34. The van der Waals surface area contributed by atoms with Crippen LogP contribution in [0, 0.1) is 5.82 Å². The summed E-state index contributed by atoms with van der Waals surface area (Å²) in [5, 5.41) is 9.91. The summed E-state index contributed by atoms with van der Waals surface area (Å²) in [6.45, 7) is 0. The van der Waals surface area contributed by atoms with E-state index in [0.29, 0.717) is 16.6 Å². The van der Waals surface area contributed by atoms with Crippen molar-refractivity contribution in [3.63, 3.8) is 0 Å². The molecule has 0 spiro atoms. The van der Waals surface area contributed by atoms with Gasteiger partial charge >= 0.3 is 6.18 Å². The fourth-order valence-corrected chi connectivity index (χ4v) is 2.00. The lowest BCUT2D eigenvalue weighted by Gasteiger charge is -2.12. The van der Waals surface area contributed by atoms with E-state index >= 15 is 0 Å². The molecule has 0 radical (unpaired) electrons. The summed E-state index contributed by atoms with van der Waals surface area (Å²) in [5.41, 5.74) is -1.40. The fourth-order valence-electron chi connectivity index (χ4n) is 1.58. The smallest absolute Gasteiger partial charge is 0.419 e. The lowest BCUT2D eigenvalue weighted by molar-refractivity contribution is -0.140. The van der Waals surface area contributed by atoms with Gasteiger partial charge in [0.25, 0.3) is 0 Å². The molecule has 1 unspecified atom stereocenters. The van der Waals surface area contributed by atoms with Crippen LogP contribution in [0.1, 0.15) is 23.0 Å². The number of aliphatic hydroxyl groups is 1. The van der Waals surface area contributed by atoms with Crippen LogP contribution in [0.3, 0.4) is 0 Å². The highest BCUT2D eigenvalue weighted by Gasteiger charge is 2.34. The molecule has 2 rings (SSSR count). The second-order valence-electron chi connectivity index (χ2n) is 3.77. The lowest BCUT2D eigenvalue weighted by Crippen LogP contribution is -2.09. The van der Waals surface area contributed by atoms with Gasteiger partial charge in [-0.2, -0.15) is 13.2 Å². The molecule has 0 aliphatic heterocycles. The van der Waals surface area contributed by atoms with Crippen LogP contribution in [0.4, 0.5) is 17.6 Å². The minimum Gasteiger partial charge on any atom is -0.465 e. The molecule has 2 nitrogen and oxygen atoms in total. The molecular weight excluding hydrogens is 332 g/mol. The molecule has 0 aliphatic rings. The van der Waals surface area contributed by atoms with Crippen LogP contribution < -0.4 is 0 Å². The van der Waals surface area contributed by atoms with Crippen molar-refractivity contribution < 1.29 is 27.1 Å². The van der Waals surface area contributed by atoms with Gasteiger partial charge in [0, 0.05) is 0 Å². The van der Waals surface area contributed by atoms with Crippen LogP contribution in [-0.2, 0) is 6.18 Å². The Labute approximate surface area is 113 Å². The maximum atomic E-state index is 13.4. The molecule has 0 amide bonds. The van der Waals surface area contributed by atoms with E-state index in [1.54, 1.807) is 0 Å². The molecular formula is C12H7BrF4O2. The minimum atomic E-state index is -4.77. The normalized spacial score (nSPS) is 13.6. The molecule has 0 fully saturated rings. The first kappa shape index (κ1) is 14.1. The number of alkyl halides is 3. The molecule has 1 N–H and O–H groups in total. The van der Waals surface area contributed by atoms with E-state index in [1.807, 2.05) is 0 Å². The first-order chi connectivity index (χ1) is 8.80. The van der Waals surface area contributed by atoms with Gasteiger partial charge in [0.15, 0.2) is 5.76 Å². The molecule has 102 valence electrons. The third kappa shape index (κ3) is 2.82. The number of benzene rings is 1. The molecule has 1 atom stereocenters. The highest BCUT2D eigenvalue weighted by molar-refractivity contribution is 9.10. The first-order valence-corrected chi connectivity index (χ1v) is 5.87. The van der Waals surface area contributed by atoms with Crippen LogP contribution in [0.2, 0.25) is 0 Å². The summed E-state index contributed by atoms with van der Waals surface area (Å²) in [6.07, 6.45) is -4.82. The molecule has 19 heavy (non-hydrogen) atoms. The number of hydrogen-bond donors (Lipinski definition) is 1. The van der Waals surface area contributed by atoms with Crippen molar-refractivity contribution in [3.05, 3.63) is 57.7 Å². The monoisotopic (exact) mass is 338 g/mol. The van der Waals surface area contributed by atoms with E-state index in [0.717, 1.165) is 6.07 Å². The quantitative estimate of drug-likeness (QED) is 0.829. The van der Waals surface area contributed by atoms with Crippen molar-refractivity contribution >= 4 is 15.9 Å². The van der Waals surface area contributed by atoms with Crippen LogP contribution in [0.15, 0.2) is 39.4 Å². The van der Waals surface area contributed by atoms with E-state index < -0.39 is 23.7 Å². The van der Waals surface area contributed by atoms with Crippen LogP contribution in [0.25, 0.3) is 0 Å².